The average molecular weight is 311 g/mol. The molecule has 1 amide bonds. The first-order valence-electron chi connectivity index (χ1n) is 4.44. The molecule has 2 nitrogen and oxygen atoms in total. The van der Waals surface area contributed by atoms with Crippen LogP contribution in [0, 0.1) is 0 Å². The molecule has 1 unspecified atom stereocenters. The van der Waals surface area contributed by atoms with E-state index < -0.39 is 0 Å². The fourth-order valence-corrected chi connectivity index (χ4v) is 1.39. The molecule has 1 aromatic rings. The summed E-state index contributed by atoms with van der Waals surface area (Å²) in [5.41, 5.74) is 0.646. The summed E-state index contributed by atoms with van der Waals surface area (Å²) in [5, 5.41) is 3.63. The van der Waals surface area contributed by atoms with Crippen LogP contribution in [0.4, 0.5) is 5.69 Å². The molecule has 0 saturated carbocycles. The summed E-state index contributed by atoms with van der Waals surface area (Å²) < 4.78 is 0. The van der Waals surface area contributed by atoms with Crippen molar-refractivity contribution in [3.05, 3.63) is 28.2 Å². The summed E-state index contributed by atoms with van der Waals surface area (Å²) >= 11 is 14.8. The first kappa shape index (κ1) is 12.8. The zero-order valence-corrected chi connectivity index (χ0v) is 11.2. The highest BCUT2D eigenvalue weighted by Gasteiger charge is 2.12. The van der Waals surface area contributed by atoms with Crippen molar-refractivity contribution in [2.75, 3.05) is 5.32 Å². The lowest BCUT2D eigenvalue weighted by molar-refractivity contribution is -0.115. The predicted molar refractivity (Wildman–Crippen MR) is 68.1 cm³/mol. The van der Waals surface area contributed by atoms with Gasteiger partial charge in [0.15, 0.2) is 0 Å². The predicted octanol–water partition coefficient (Wildman–Crippen LogP) is 4.11. The Morgan fingerprint density at radius 1 is 1.47 bits per heavy atom. The number of anilines is 1. The van der Waals surface area contributed by atoms with Crippen LogP contribution in [0.5, 0.6) is 0 Å². The molecule has 0 saturated heterocycles. The van der Waals surface area contributed by atoms with Crippen LogP contribution >= 0.6 is 39.1 Å². The van der Waals surface area contributed by atoms with Crippen LogP contribution in [0.1, 0.15) is 13.3 Å². The molecule has 5 heteroatoms. The van der Waals surface area contributed by atoms with E-state index in [-0.39, 0.29) is 10.7 Å². The van der Waals surface area contributed by atoms with Gasteiger partial charge in [-0.15, -0.1) is 0 Å². The SMILES string of the molecule is CCC(Br)C(=O)Nc1ccc(Cl)c(Cl)c1. The molecular formula is C10H10BrCl2NO. The highest BCUT2D eigenvalue weighted by Crippen LogP contribution is 2.25. The van der Waals surface area contributed by atoms with Crippen molar-refractivity contribution < 1.29 is 4.79 Å². The van der Waals surface area contributed by atoms with Crippen molar-refractivity contribution in [2.45, 2.75) is 18.2 Å². The van der Waals surface area contributed by atoms with Gasteiger partial charge in [0.25, 0.3) is 0 Å². The lowest BCUT2D eigenvalue weighted by Gasteiger charge is -2.09. The van der Waals surface area contributed by atoms with E-state index in [2.05, 4.69) is 21.2 Å². The van der Waals surface area contributed by atoms with Crippen molar-refractivity contribution in [1.82, 2.24) is 0 Å². The highest BCUT2D eigenvalue weighted by molar-refractivity contribution is 9.10. The Bertz CT molecular complexity index is 370. The summed E-state index contributed by atoms with van der Waals surface area (Å²) in [4.78, 5) is 11.3. The fraction of sp³-hybridized carbons (Fsp3) is 0.300. The Labute approximate surface area is 107 Å². The highest BCUT2D eigenvalue weighted by atomic mass is 79.9. The minimum absolute atomic E-state index is 0.0871. The normalized spacial score (nSPS) is 12.3. The second-order valence-corrected chi connectivity index (χ2v) is 4.91. The quantitative estimate of drug-likeness (QED) is 0.837. The average Bonchev–Trinajstić information content (AvgIpc) is 2.22. The van der Waals surface area contributed by atoms with Gasteiger partial charge in [0, 0.05) is 5.69 Å². The second-order valence-electron chi connectivity index (χ2n) is 2.99. The topological polar surface area (TPSA) is 29.1 Å². The van der Waals surface area contributed by atoms with Gasteiger partial charge < -0.3 is 5.32 Å². The van der Waals surface area contributed by atoms with Gasteiger partial charge in [-0.3, -0.25) is 4.79 Å². The second kappa shape index (κ2) is 5.73. The summed E-state index contributed by atoms with van der Waals surface area (Å²) in [6.45, 7) is 1.92. The number of nitrogens with one attached hydrogen (secondary N) is 1. The van der Waals surface area contributed by atoms with Crippen molar-refractivity contribution in [3.8, 4) is 0 Å². The van der Waals surface area contributed by atoms with Gasteiger partial charge >= 0.3 is 0 Å². The molecule has 15 heavy (non-hydrogen) atoms. The molecule has 0 spiro atoms. The third-order valence-electron chi connectivity index (χ3n) is 1.83. The Balaban J connectivity index is 2.73. The van der Waals surface area contributed by atoms with Gasteiger partial charge in [-0.1, -0.05) is 46.1 Å². The van der Waals surface area contributed by atoms with Crippen LogP contribution in [0.15, 0.2) is 18.2 Å². The van der Waals surface area contributed by atoms with Crippen molar-refractivity contribution >= 4 is 50.7 Å². The number of rotatable bonds is 3. The van der Waals surface area contributed by atoms with Crippen LogP contribution in [0.25, 0.3) is 0 Å². The summed E-state index contributed by atoms with van der Waals surface area (Å²) in [6.07, 6.45) is 0.729. The minimum atomic E-state index is -0.188. The van der Waals surface area contributed by atoms with E-state index in [4.69, 9.17) is 23.2 Å². The maximum absolute atomic E-state index is 11.5. The third kappa shape index (κ3) is 3.67. The Hall–Kier alpha value is -0.250. The largest absolute Gasteiger partial charge is 0.325 e. The first-order chi connectivity index (χ1) is 7.04. The van der Waals surface area contributed by atoms with Gasteiger partial charge in [-0.2, -0.15) is 0 Å². The summed E-state index contributed by atoms with van der Waals surface area (Å²) in [7, 11) is 0. The minimum Gasteiger partial charge on any atom is -0.325 e. The zero-order chi connectivity index (χ0) is 11.4. The van der Waals surface area contributed by atoms with E-state index in [9.17, 15) is 4.79 Å². The lowest BCUT2D eigenvalue weighted by atomic mass is 10.3. The van der Waals surface area contributed by atoms with E-state index >= 15 is 0 Å². The Morgan fingerprint density at radius 2 is 2.13 bits per heavy atom. The standard InChI is InChI=1S/C10H10BrCl2NO/c1-2-7(11)10(15)14-6-3-4-8(12)9(13)5-6/h3-5,7H,2H2,1H3,(H,14,15). The van der Waals surface area contributed by atoms with Crippen molar-refractivity contribution in [1.29, 1.82) is 0 Å². The molecule has 0 radical (unpaired) electrons. The van der Waals surface area contributed by atoms with Crippen molar-refractivity contribution in [2.24, 2.45) is 0 Å². The number of carbonyl (C=O) groups is 1. The first-order valence-corrected chi connectivity index (χ1v) is 6.11. The molecule has 1 aromatic carbocycles. The molecule has 1 N–H and O–H groups in total. The lowest BCUT2D eigenvalue weighted by Crippen LogP contribution is -2.21. The van der Waals surface area contributed by atoms with E-state index in [1.165, 1.54) is 0 Å². The Morgan fingerprint density at radius 3 is 2.67 bits per heavy atom. The number of alkyl halides is 1. The third-order valence-corrected chi connectivity index (χ3v) is 3.63. The van der Waals surface area contributed by atoms with Crippen LogP contribution in [0.3, 0.4) is 0 Å². The maximum atomic E-state index is 11.5. The molecule has 1 atom stereocenters. The molecule has 0 aromatic heterocycles. The molecule has 0 aliphatic carbocycles. The molecule has 0 aliphatic heterocycles. The van der Waals surface area contributed by atoms with E-state index in [0.717, 1.165) is 6.42 Å². The summed E-state index contributed by atoms with van der Waals surface area (Å²) in [5.74, 6) is -0.0871. The molecule has 0 heterocycles. The number of benzene rings is 1. The van der Waals surface area contributed by atoms with E-state index in [0.29, 0.717) is 15.7 Å². The number of carbonyl (C=O) groups excluding carboxylic acids is 1. The van der Waals surface area contributed by atoms with Crippen LogP contribution in [-0.2, 0) is 4.79 Å². The number of halogens is 3. The maximum Gasteiger partial charge on any atom is 0.238 e. The van der Waals surface area contributed by atoms with Crippen molar-refractivity contribution in [3.63, 3.8) is 0 Å². The number of amides is 1. The monoisotopic (exact) mass is 309 g/mol. The molecule has 0 bridgehead atoms. The summed E-state index contributed by atoms with van der Waals surface area (Å²) in [6, 6.07) is 4.98. The smallest absolute Gasteiger partial charge is 0.238 e. The van der Waals surface area contributed by atoms with Gasteiger partial charge in [0.05, 0.1) is 14.9 Å². The zero-order valence-electron chi connectivity index (χ0n) is 8.06. The van der Waals surface area contributed by atoms with E-state index in [1.807, 2.05) is 6.92 Å². The van der Waals surface area contributed by atoms with Gasteiger partial charge in [0.2, 0.25) is 5.91 Å². The van der Waals surface area contributed by atoms with E-state index in [1.54, 1.807) is 18.2 Å². The van der Waals surface area contributed by atoms with Gasteiger partial charge in [0.1, 0.15) is 0 Å². The van der Waals surface area contributed by atoms with Crippen LogP contribution < -0.4 is 5.32 Å². The Kier molecular flexibility index (Phi) is 4.90. The van der Waals surface area contributed by atoms with Gasteiger partial charge in [-0.05, 0) is 24.6 Å². The number of hydrogen-bond donors (Lipinski definition) is 1. The molecule has 0 fully saturated rings. The molecule has 82 valence electrons. The number of hydrogen-bond acceptors (Lipinski definition) is 1. The van der Waals surface area contributed by atoms with Crippen LogP contribution in [-0.4, -0.2) is 10.7 Å². The molecule has 1 rings (SSSR count). The van der Waals surface area contributed by atoms with Crippen LogP contribution in [0.2, 0.25) is 10.0 Å². The molecule has 0 aliphatic rings. The molecular weight excluding hydrogens is 301 g/mol. The fourth-order valence-electron chi connectivity index (χ4n) is 0.980. The van der Waals surface area contributed by atoms with Gasteiger partial charge in [-0.25, -0.2) is 0 Å².